The summed E-state index contributed by atoms with van der Waals surface area (Å²) in [5.74, 6) is -0.0677. The highest BCUT2D eigenvalue weighted by Crippen LogP contribution is 2.12. The Bertz CT molecular complexity index is 779. The fourth-order valence-electron chi connectivity index (χ4n) is 1.67. The molecule has 0 aliphatic heterocycles. The Morgan fingerprint density at radius 3 is 2.20 bits per heavy atom. The molecule has 1 aromatic heterocycles. The summed E-state index contributed by atoms with van der Waals surface area (Å²) >= 11 is 0. The van der Waals surface area contributed by atoms with Gasteiger partial charge in [-0.3, -0.25) is 4.79 Å². The molecule has 1 aromatic carbocycles. The number of nitriles is 1. The van der Waals surface area contributed by atoms with Crippen molar-refractivity contribution in [3.8, 4) is 6.07 Å². The highest BCUT2D eigenvalue weighted by molar-refractivity contribution is 7.91. The first-order chi connectivity index (χ1) is 9.51. The predicted molar refractivity (Wildman–Crippen MR) is 73.9 cm³/mol. The average Bonchev–Trinajstić information content (AvgIpc) is 2.47. The molecule has 0 saturated heterocycles. The minimum atomic E-state index is -3.40. The average molecular weight is 288 g/mol. The van der Waals surface area contributed by atoms with E-state index in [0.29, 0.717) is 5.56 Å². The van der Waals surface area contributed by atoms with Crippen LogP contribution in [0.5, 0.6) is 0 Å². The molecule has 102 valence electrons. The molecule has 0 bridgehead atoms. The monoisotopic (exact) mass is 288 g/mol. The number of aryl methyl sites for hydroxylation is 1. The summed E-state index contributed by atoms with van der Waals surface area (Å²) in [7, 11) is -3.40. The van der Waals surface area contributed by atoms with Gasteiger partial charge in [-0.2, -0.15) is 5.26 Å². The molecule has 0 spiro atoms. The molecule has 0 radical (unpaired) electrons. The van der Waals surface area contributed by atoms with E-state index in [4.69, 9.17) is 5.26 Å². The van der Waals surface area contributed by atoms with E-state index < -0.39 is 9.84 Å². The zero-order valence-corrected chi connectivity index (χ0v) is 11.4. The van der Waals surface area contributed by atoms with Gasteiger partial charge in [0.25, 0.3) is 0 Å². The van der Waals surface area contributed by atoms with E-state index in [-0.39, 0.29) is 22.6 Å². The predicted octanol–water partition coefficient (Wildman–Crippen LogP) is 1.19. The first-order valence-corrected chi connectivity index (χ1v) is 7.55. The third-order valence-electron chi connectivity index (χ3n) is 2.82. The van der Waals surface area contributed by atoms with Crippen molar-refractivity contribution in [2.75, 3.05) is 5.75 Å². The van der Waals surface area contributed by atoms with Gasteiger partial charge in [0.05, 0.1) is 22.3 Å². The minimum Gasteiger partial charge on any atom is -0.353 e. The van der Waals surface area contributed by atoms with E-state index in [9.17, 15) is 13.2 Å². The first kappa shape index (κ1) is 14.0. The smallest absolute Gasteiger partial charge is 0.181 e. The maximum absolute atomic E-state index is 12.1. The number of sulfone groups is 1. The topological polar surface area (TPSA) is 79.9 Å². The molecule has 1 heterocycles. The number of rotatable bonds is 4. The van der Waals surface area contributed by atoms with Crippen molar-refractivity contribution in [2.24, 2.45) is 0 Å². The zero-order chi connectivity index (χ0) is 14.6. The van der Waals surface area contributed by atoms with Crippen LogP contribution in [0.25, 0.3) is 0 Å². The number of hydrogen-bond donors (Lipinski definition) is 0. The number of pyridine rings is 1. The van der Waals surface area contributed by atoms with Crippen molar-refractivity contribution in [2.45, 2.75) is 11.4 Å². The highest BCUT2D eigenvalue weighted by atomic mass is 32.2. The quantitative estimate of drug-likeness (QED) is 0.846. The standard InChI is InChI=1S/C14H12N2O3S/c15-11-12-1-3-14(4-2-12)20(18,19)10-9-16-7-5-13(17)6-8-16/h1-8H,9-10H2. The van der Waals surface area contributed by atoms with Gasteiger partial charge >= 0.3 is 0 Å². The molecule has 2 aromatic rings. The van der Waals surface area contributed by atoms with Crippen molar-refractivity contribution in [3.05, 3.63) is 64.6 Å². The molecule has 2 rings (SSSR count). The zero-order valence-electron chi connectivity index (χ0n) is 10.6. The highest BCUT2D eigenvalue weighted by Gasteiger charge is 2.13. The van der Waals surface area contributed by atoms with Crippen LogP contribution in [0.1, 0.15) is 5.56 Å². The maximum Gasteiger partial charge on any atom is 0.181 e. The Balaban J connectivity index is 2.12. The van der Waals surface area contributed by atoms with Gasteiger partial charge in [-0.15, -0.1) is 0 Å². The lowest BCUT2D eigenvalue weighted by atomic mass is 10.2. The van der Waals surface area contributed by atoms with Crippen LogP contribution in [0.3, 0.4) is 0 Å². The molecule has 0 atom stereocenters. The molecule has 0 saturated carbocycles. The maximum atomic E-state index is 12.1. The lowest BCUT2D eigenvalue weighted by Crippen LogP contribution is -2.14. The van der Waals surface area contributed by atoms with Crippen molar-refractivity contribution in [3.63, 3.8) is 0 Å². The number of nitrogens with zero attached hydrogens (tertiary/aromatic N) is 2. The first-order valence-electron chi connectivity index (χ1n) is 5.90. The van der Waals surface area contributed by atoms with Crippen LogP contribution >= 0.6 is 0 Å². The summed E-state index contributed by atoms with van der Waals surface area (Å²) in [6.07, 6.45) is 3.10. The SMILES string of the molecule is N#Cc1ccc(S(=O)(=O)CCn2ccc(=O)cc2)cc1. The van der Waals surface area contributed by atoms with Gasteiger partial charge in [-0.05, 0) is 24.3 Å². The van der Waals surface area contributed by atoms with Crippen molar-refractivity contribution < 1.29 is 8.42 Å². The Morgan fingerprint density at radius 2 is 1.65 bits per heavy atom. The number of aromatic nitrogens is 1. The Hall–Kier alpha value is -2.39. The van der Waals surface area contributed by atoms with Gasteiger partial charge in [0.1, 0.15) is 0 Å². The fraction of sp³-hybridized carbons (Fsp3) is 0.143. The van der Waals surface area contributed by atoms with Crippen LogP contribution in [-0.2, 0) is 16.4 Å². The molecular formula is C14H12N2O3S. The summed E-state index contributed by atoms with van der Waals surface area (Å²) in [6.45, 7) is 0.266. The molecular weight excluding hydrogens is 276 g/mol. The molecule has 0 unspecified atom stereocenters. The van der Waals surface area contributed by atoms with Crippen molar-refractivity contribution in [1.29, 1.82) is 5.26 Å². The second-order valence-electron chi connectivity index (χ2n) is 4.23. The third kappa shape index (κ3) is 3.33. The molecule has 6 heteroatoms. The van der Waals surface area contributed by atoms with Crippen LogP contribution < -0.4 is 5.43 Å². The van der Waals surface area contributed by atoms with Gasteiger partial charge in [0.2, 0.25) is 0 Å². The van der Waals surface area contributed by atoms with Crippen molar-refractivity contribution >= 4 is 9.84 Å². The second-order valence-corrected chi connectivity index (χ2v) is 6.34. The second kappa shape index (κ2) is 5.72. The summed E-state index contributed by atoms with van der Waals surface area (Å²) in [5, 5.41) is 8.68. The van der Waals surface area contributed by atoms with E-state index in [1.807, 2.05) is 6.07 Å². The van der Waals surface area contributed by atoms with Gasteiger partial charge in [0, 0.05) is 31.1 Å². The Kier molecular flexibility index (Phi) is 4.01. The van der Waals surface area contributed by atoms with Gasteiger partial charge in [0.15, 0.2) is 15.3 Å². The van der Waals surface area contributed by atoms with Crippen LogP contribution in [0, 0.1) is 11.3 Å². The molecule has 0 aliphatic carbocycles. The lowest BCUT2D eigenvalue weighted by molar-refractivity contribution is 0.588. The molecule has 20 heavy (non-hydrogen) atoms. The normalized spacial score (nSPS) is 10.9. The van der Waals surface area contributed by atoms with E-state index >= 15 is 0 Å². The summed E-state index contributed by atoms with van der Waals surface area (Å²) in [5.41, 5.74) is 0.306. The van der Waals surface area contributed by atoms with E-state index in [1.165, 1.54) is 36.4 Å². The molecule has 0 aliphatic rings. The molecule has 5 nitrogen and oxygen atoms in total. The van der Waals surface area contributed by atoms with Gasteiger partial charge < -0.3 is 4.57 Å². The van der Waals surface area contributed by atoms with E-state index in [0.717, 1.165) is 0 Å². The number of benzene rings is 1. The summed E-state index contributed by atoms with van der Waals surface area (Å²) in [4.78, 5) is 11.1. The Morgan fingerprint density at radius 1 is 1.05 bits per heavy atom. The van der Waals surface area contributed by atoms with Crippen LogP contribution in [-0.4, -0.2) is 18.7 Å². The fourth-order valence-corrected chi connectivity index (χ4v) is 2.91. The summed E-state index contributed by atoms with van der Waals surface area (Å²) in [6, 6.07) is 10.5. The molecule has 0 N–H and O–H groups in total. The third-order valence-corrected chi connectivity index (χ3v) is 4.53. The van der Waals surface area contributed by atoms with Crippen molar-refractivity contribution in [1.82, 2.24) is 4.57 Å². The lowest BCUT2D eigenvalue weighted by Gasteiger charge is -2.07. The van der Waals surface area contributed by atoms with E-state index in [1.54, 1.807) is 17.0 Å². The Labute approximate surface area is 116 Å². The number of hydrogen-bond acceptors (Lipinski definition) is 4. The molecule has 0 fully saturated rings. The summed E-state index contributed by atoms with van der Waals surface area (Å²) < 4.78 is 25.9. The van der Waals surface area contributed by atoms with E-state index in [2.05, 4.69) is 0 Å². The minimum absolute atomic E-state index is 0.0677. The van der Waals surface area contributed by atoms with Gasteiger partial charge in [-0.1, -0.05) is 0 Å². The van der Waals surface area contributed by atoms with Crippen LogP contribution in [0.4, 0.5) is 0 Å². The van der Waals surface area contributed by atoms with Crippen LogP contribution in [0.15, 0.2) is 58.5 Å². The molecule has 0 amide bonds. The van der Waals surface area contributed by atoms with Gasteiger partial charge in [-0.25, -0.2) is 8.42 Å². The van der Waals surface area contributed by atoms with Crippen LogP contribution in [0.2, 0.25) is 0 Å². The largest absolute Gasteiger partial charge is 0.353 e.